The molecule has 0 aliphatic carbocycles. The number of nitrogens with one attached hydrogen (secondary N) is 2. The van der Waals surface area contributed by atoms with Crippen molar-refractivity contribution in [3.63, 3.8) is 0 Å². The van der Waals surface area contributed by atoms with Crippen LogP contribution in [0.15, 0.2) is 48.9 Å². The summed E-state index contributed by atoms with van der Waals surface area (Å²) >= 11 is 0. The first kappa shape index (κ1) is 20.2. The normalized spacial score (nSPS) is 11.6. The number of nitrogens with zero attached hydrogens (tertiary/aromatic N) is 6. The third-order valence-corrected chi connectivity index (χ3v) is 5.71. The molecule has 3 N–H and O–H groups in total. The highest BCUT2D eigenvalue weighted by Crippen LogP contribution is 2.32. The van der Waals surface area contributed by atoms with E-state index in [-0.39, 0.29) is 12.4 Å². The van der Waals surface area contributed by atoms with Crippen molar-refractivity contribution >= 4 is 22.1 Å². The van der Waals surface area contributed by atoms with E-state index in [2.05, 4.69) is 25.3 Å². The zero-order valence-electron chi connectivity index (χ0n) is 18.3. The van der Waals surface area contributed by atoms with Gasteiger partial charge in [-0.25, -0.2) is 14.4 Å². The molecule has 5 heterocycles. The summed E-state index contributed by atoms with van der Waals surface area (Å²) in [6.45, 7) is 1.66. The molecule has 0 aliphatic rings. The predicted octanol–water partition coefficient (Wildman–Crippen LogP) is 3.90. The summed E-state index contributed by atoms with van der Waals surface area (Å²) in [5, 5.41) is 21.4. The van der Waals surface area contributed by atoms with Gasteiger partial charge in [0.05, 0.1) is 40.7 Å². The van der Waals surface area contributed by atoms with Crippen LogP contribution in [-0.2, 0) is 13.7 Å². The number of fused-ring (bicyclic) bond motifs is 2. The highest BCUT2D eigenvalue weighted by Gasteiger charge is 2.18. The van der Waals surface area contributed by atoms with E-state index in [1.807, 2.05) is 31.3 Å². The molecule has 0 fully saturated rings. The molecule has 0 bridgehead atoms. The molecule has 6 rings (SSSR count). The van der Waals surface area contributed by atoms with Gasteiger partial charge in [0.25, 0.3) is 0 Å². The molecule has 0 radical (unpaired) electrons. The molecule has 0 spiro atoms. The molecule has 0 saturated heterocycles. The number of aryl methyl sites for hydroxylation is 2. The maximum absolute atomic E-state index is 14.1. The Labute approximate surface area is 192 Å². The number of imidazole rings is 1. The Bertz CT molecular complexity index is 1680. The van der Waals surface area contributed by atoms with Crippen molar-refractivity contribution in [1.29, 1.82) is 0 Å². The van der Waals surface area contributed by atoms with Crippen molar-refractivity contribution in [3.8, 4) is 33.9 Å². The van der Waals surface area contributed by atoms with Gasteiger partial charge >= 0.3 is 0 Å². The Balaban J connectivity index is 1.51. The number of aromatic amines is 2. The molecule has 1 aromatic carbocycles. The van der Waals surface area contributed by atoms with Gasteiger partial charge in [-0.15, -0.1) is 0 Å². The Morgan fingerprint density at radius 1 is 1.03 bits per heavy atom. The summed E-state index contributed by atoms with van der Waals surface area (Å²) in [6, 6.07) is 8.60. The Morgan fingerprint density at radius 2 is 1.91 bits per heavy atom. The zero-order valence-corrected chi connectivity index (χ0v) is 18.3. The molecule has 9 nitrogen and oxygen atoms in total. The number of aliphatic hydroxyl groups excluding tert-OH is 1. The third-order valence-electron chi connectivity index (χ3n) is 5.71. The number of halogens is 1. The van der Waals surface area contributed by atoms with Gasteiger partial charge in [-0.2, -0.15) is 10.2 Å². The molecular formula is C24H19FN8O. The molecule has 10 heteroatoms. The lowest BCUT2D eigenvalue weighted by atomic mass is 10.0. The fourth-order valence-corrected chi connectivity index (χ4v) is 4.23. The largest absolute Gasteiger partial charge is 0.390 e. The lowest BCUT2D eigenvalue weighted by molar-refractivity contribution is 0.276. The first-order chi connectivity index (χ1) is 16.5. The fraction of sp³-hybridized carbons (Fsp3) is 0.125. The number of aliphatic hydroxyl groups is 1. The highest BCUT2D eigenvalue weighted by atomic mass is 19.1. The summed E-state index contributed by atoms with van der Waals surface area (Å²) in [7, 11) is 1.80. The second kappa shape index (κ2) is 7.56. The van der Waals surface area contributed by atoms with Crippen LogP contribution in [0.2, 0.25) is 0 Å². The fourth-order valence-electron chi connectivity index (χ4n) is 4.23. The van der Waals surface area contributed by atoms with Crippen LogP contribution in [0.3, 0.4) is 0 Å². The second-order valence-electron chi connectivity index (χ2n) is 8.17. The van der Waals surface area contributed by atoms with Crippen molar-refractivity contribution in [2.75, 3.05) is 0 Å². The van der Waals surface area contributed by atoms with Gasteiger partial charge in [-0.1, -0.05) is 6.07 Å². The minimum atomic E-state index is -0.310. The van der Waals surface area contributed by atoms with Crippen LogP contribution in [0.25, 0.3) is 56.0 Å². The van der Waals surface area contributed by atoms with E-state index in [4.69, 9.17) is 9.97 Å². The van der Waals surface area contributed by atoms with E-state index in [0.29, 0.717) is 45.0 Å². The predicted molar refractivity (Wildman–Crippen MR) is 125 cm³/mol. The molecule has 5 aromatic heterocycles. The van der Waals surface area contributed by atoms with E-state index < -0.39 is 0 Å². The van der Waals surface area contributed by atoms with Gasteiger partial charge < -0.3 is 10.1 Å². The number of H-pyrrole nitrogens is 2. The first-order valence-corrected chi connectivity index (χ1v) is 10.6. The maximum Gasteiger partial charge on any atom is 0.161 e. The summed E-state index contributed by atoms with van der Waals surface area (Å²) in [5.74, 6) is 0.206. The summed E-state index contributed by atoms with van der Waals surface area (Å²) in [6.07, 6.45) is 5.18. The lowest BCUT2D eigenvalue weighted by Crippen LogP contribution is -1.92. The zero-order chi connectivity index (χ0) is 23.4. The molecule has 168 valence electrons. The molecule has 34 heavy (non-hydrogen) atoms. The standard InChI is InChI=1S/C24H19FN8O/c1-12-5-13(7-14(25)6-12)15-8-26-9-19-21(15)29-24(28-19)23-22-18(30-31-23)4-3-17(27-22)16-10-33(2)32-20(16)11-34/h3-10,34H,11H2,1-2H3,(H,28,29)(H,30,31). The van der Waals surface area contributed by atoms with Crippen LogP contribution in [-0.4, -0.2) is 45.0 Å². The van der Waals surface area contributed by atoms with Crippen LogP contribution in [0.5, 0.6) is 0 Å². The molecule has 0 aliphatic heterocycles. The van der Waals surface area contributed by atoms with E-state index in [9.17, 15) is 9.50 Å². The SMILES string of the molecule is Cc1cc(F)cc(-c2cncc3[nH]c(-c4n[nH]c5ccc(-c6cn(C)nc6CO)nc45)nc23)c1. The molecule has 0 atom stereocenters. The molecule has 0 saturated carbocycles. The second-order valence-corrected chi connectivity index (χ2v) is 8.17. The minimum Gasteiger partial charge on any atom is -0.390 e. The average Bonchev–Trinajstić information content (AvgIpc) is 3.53. The Hall–Kier alpha value is -4.44. The van der Waals surface area contributed by atoms with Crippen molar-refractivity contribution in [1.82, 2.24) is 39.9 Å². The average molecular weight is 454 g/mol. The summed E-state index contributed by atoms with van der Waals surface area (Å²) in [5.41, 5.74) is 7.48. The molecular weight excluding hydrogens is 435 g/mol. The van der Waals surface area contributed by atoms with Crippen molar-refractivity contribution in [2.45, 2.75) is 13.5 Å². The minimum absolute atomic E-state index is 0.187. The van der Waals surface area contributed by atoms with Crippen molar-refractivity contribution in [3.05, 3.63) is 66.0 Å². The van der Waals surface area contributed by atoms with Crippen LogP contribution in [0.1, 0.15) is 11.3 Å². The summed E-state index contributed by atoms with van der Waals surface area (Å²) in [4.78, 5) is 17.2. The smallest absolute Gasteiger partial charge is 0.161 e. The number of rotatable bonds is 4. The molecule has 6 aromatic rings. The van der Waals surface area contributed by atoms with Crippen LogP contribution in [0, 0.1) is 12.7 Å². The molecule has 0 unspecified atom stereocenters. The van der Waals surface area contributed by atoms with Crippen LogP contribution < -0.4 is 0 Å². The molecule has 0 amide bonds. The van der Waals surface area contributed by atoms with Gasteiger partial charge in [0.15, 0.2) is 11.5 Å². The van der Waals surface area contributed by atoms with E-state index in [1.165, 1.54) is 12.1 Å². The van der Waals surface area contributed by atoms with Gasteiger partial charge in [0.1, 0.15) is 11.3 Å². The number of hydrogen-bond donors (Lipinski definition) is 3. The van der Waals surface area contributed by atoms with Gasteiger partial charge in [0, 0.05) is 30.6 Å². The summed E-state index contributed by atoms with van der Waals surface area (Å²) < 4.78 is 15.7. The highest BCUT2D eigenvalue weighted by molar-refractivity contribution is 5.95. The van der Waals surface area contributed by atoms with Crippen LogP contribution >= 0.6 is 0 Å². The van der Waals surface area contributed by atoms with E-state index >= 15 is 0 Å². The maximum atomic E-state index is 14.1. The monoisotopic (exact) mass is 454 g/mol. The van der Waals surface area contributed by atoms with Gasteiger partial charge in [0.2, 0.25) is 0 Å². The number of pyridine rings is 2. The van der Waals surface area contributed by atoms with Crippen molar-refractivity contribution < 1.29 is 9.50 Å². The van der Waals surface area contributed by atoms with Crippen molar-refractivity contribution in [2.24, 2.45) is 7.05 Å². The number of aromatic nitrogens is 8. The lowest BCUT2D eigenvalue weighted by Gasteiger charge is -2.04. The van der Waals surface area contributed by atoms with Gasteiger partial charge in [-0.05, 0) is 42.3 Å². The Morgan fingerprint density at radius 3 is 2.74 bits per heavy atom. The van der Waals surface area contributed by atoms with E-state index in [1.54, 1.807) is 24.1 Å². The Kier molecular flexibility index (Phi) is 4.49. The first-order valence-electron chi connectivity index (χ1n) is 10.6. The number of hydrogen-bond acceptors (Lipinski definition) is 6. The quantitative estimate of drug-likeness (QED) is 0.371. The third kappa shape index (κ3) is 3.23. The topological polar surface area (TPSA) is 121 Å². The van der Waals surface area contributed by atoms with Gasteiger partial charge in [-0.3, -0.25) is 14.8 Å². The van der Waals surface area contributed by atoms with Crippen LogP contribution in [0.4, 0.5) is 4.39 Å². The van der Waals surface area contributed by atoms with E-state index in [0.717, 1.165) is 22.2 Å². The number of benzene rings is 1.